The highest BCUT2D eigenvalue weighted by molar-refractivity contribution is 5.82. The Bertz CT molecular complexity index is 419. The van der Waals surface area contributed by atoms with Crippen molar-refractivity contribution < 1.29 is 4.79 Å². The summed E-state index contributed by atoms with van der Waals surface area (Å²) in [6.45, 7) is 0.933. The van der Waals surface area contributed by atoms with Gasteiger partial charge in [-0.2, -0.15) is 5.10 Å². The fourth-order valence-electron chi connectivity index (χ4n) is 2.85. The summed E-state index contributed by atoms with van der Waals surface area (Å²) in [5.41, 5.74) is 6.43. The molecule has 0 spiro atoms. The molecule has 0 unspecified atom stereocenters. The topological polar surface area (TPSA) is 72.9 Å². The Morgan fingerprint density at radius 2 is 2.11 bits per heavy atom. The van der Waals surface area contributed by atoms with Crippen molar-refractivity contribution in [2.24, 2.45) is 18.2 Å². The normalized spacial score (nSPS) is 18.8. The number of carbonyl (C=O) groups excluding carboxylic acids is 1. The summed E-state index contributed by atoms with van der Waals surface area (Å²) >= 11 is 0. The second-order valence-electron chi connectivity index (χ2n) is 5.56. The zero-order valence-corrected chi connectivity index (χ0v) is 11.7. The molecule has 1 aliphatic carbocycles. The van der Waals surface area contributed by atoms with Gasteiger partial charge in [0.1, 0.15) is 0 Å². The number of carbonyl (C=O) groups is 1. The van der Waals surface area contributed by atoms with Crippen molar-refractivity contribution in [2.45, 2.75) is 45.1 Å². The molecule has 1 aromatic rings. The van der Waals surface area contributed by atoms with E-state index in [1.165, 1.54) is 12.8 Å². The molecule has 0 aromatic carbocycles. The first kappa shape index (κ1) is 14.1. The number of rotatable bonds is 4. The van der Waals surface area contributed by atoms with Crippen LogP contribution in [0, 0.1) is 5.41 Å². The van der Waals surface area contributed by atoms with E-state index in [2.05, 4.69) is 10.4 Å². The van der Waals surface area contributed by atoms with Crippen LogP contribution in [0.2, 0.25) is 0 Å². The minimum absolute atomic E-state index is 0.0996. The summed E-state index contributed by atoms with van der Waals surface area (Å²) in [4.78, 5) is 12.5. The lowest BCUT2D eigenvalue weighted by Crippen LogP contribution is -2.45. The second kappa shape index (κ2) is 6.19. The zero-order chi connectivity index (χ0) is 13.7. The Kier molecular flexibility index (Phi) is 4.58. The first-order valence-electron chi connectivity index (χ1n) is 7.13. The summed E-state index contributed by atoms with van der Waals surface area (Å²) in [6.07, 6.45) is 8.36. The molecule has 0 bridgehead atoms. The van der Waals surface area contributed by atoms with Crippen molar-refractivity contribution in [1.29, 1.82) is 0 Å². The summed E-state index contributed by atoms with van der Waals surface area (Å²) < 4.78 is 1.74. The van der Waals surface area contributed by atoms with Crippen molar-refractivity contribution >= 4 is 5.91 Å². The molecule has 2 rings (SSSR count). The maximum atomic E-state index is 12.5. The van der Waals surface area contributed by atoms with Crippen LogP contribution in [0.15, 0.2) is 12.3 Å². The van der Waals surface area contributed by atoms with E-state index < -0.39 is 0 Å². The van der Waals surface area contributed by atoms with Crippen LogP contribution >= 0.6 is 0 Å². The summed E-state index contributed by atoms with van der Waals surface area (Å²) in [5.74, 6) is 0.0996. The van der Waals surface area contributed by atoms with Gasteiger partial charge in [-0.05, 0) is 18.9 Å². The Hall–Kier alpha value is -1.36. The highest BCUT2D eigenvalue weighted by Gasteiger charge is 2.36. The van der Waals surface area contributed by atoms with Crippen LogP contribution in [0.3, 0.4) is 0 Å². The molecule has 1 amide bonds. The van der Waals surface area contributed by atoms with E-state index in [1.807, 2.05) is 19.3 Å². The zero-order valence-electron chi connectivity index (χ0n) is 11.7. The van der Waals surface area contributed by atoms with Crippen molar-refractivity contribution in [3.8, 4) is 0 Å². The van der Waals surface area contributed by atoms with Gasteiger partial charge in [-0.25, -0.2) is 0 Å². The van der Waals surface area contributed by atoms with Gasteiger partial charge in [0.15, 0.2) is 0 Å². The highest BCUT2D eigenvalue weighted by atomic mass is 16.2. The van der Waals surface area contributed by atoms with Gasteiger partial charge in [0, 0.05) is 19.8 Å². The third-order valence-corrected chi connectivity index (χ3v) is 4.13. The van der Waals surface area contributed by atoms with Crippen LogP contribution in [0.4, 0.5) is 0 Å². The SMILES string of the molecule is Cn1ccc(CNC(=O)C2(CN)CCCCCC2)n1. The first-order valence-corrected chi connectivity index (χ1v) is 7.13. The number of aromatic nitrogens is 2. The summed E-state index contributed by atoms with van der Waals surface area (Å²) in [6, 6.07) is 1.92. The lowest BCUT2D eigenvalue weighted by Gasteiger charge is -2.29. The van der Waals surface area contributed by atoms with Crippen LogP contribution in [-0.2, 0) is 18.4 Å². The van der Waals surface area contributed by atoms with Crippen LogP contribution in [0.25, 0.3) is 0 Å². The largest absolute Gasteiger partial charge is 0.350 e. The van der Waals surface area contributed by atoms with Gasteiger partial charge in [-0.3, -0.25) is 9.48 Å². The van der Waals surface area contributed by atoms with E-state index in [-0.39, 0.29) is 11.3 Å². The van der Waals surface area contributed by atoms with Crippen molar-refractivity contribution in [1.82, 2.24) is 15.1 Å². The summed E-state index contributed by atoms with van der Waals surface area (Å²) in [7, 11) is 1.87. The standard InChI is InChI=1S/C14H24N4O/c1-18-9-6-12(17-18)10-16-13(19)14(11-15)7-4-2-3-5-8-14/h6,9H,2-5,7-8,10-11,15H2,1H3,(H,16,19). The molecule has 3 N–H and O–H groups in total. The molecule has 1 aromatic heterocycles. The molecule has 1 heterocycles. The van der Waals surface area contributed by atoms with Crippen LogP contribution in [0.1, 0.15) is 44.2 Å². The first-order chi connectivity index (χ1) is 9.16. The number of aryl methyl sites for hydroxylation is 1. The molecular weight excluding hydrogens is 240 g/mol. The predicted molar refractivity (Wildman–Crippen MR) is 74.2 cm³/mol. The van der Waals surface area contributed by atoms with E-state index in [1.54, 1.807) is 4.68 Å². The van der Waals surface area contributed by atoms with Crippen molar-refractivity contribution in [3.05, 3.63) is 18.0 Å². The van der Waals surface area contributed by atoms with Gasteiger partial charge in [0.05, 0.1) is 17.7 Å². The number of nitrogens with one attached hydrogen (secondary N) is 1. The molecule has 5 heteroatoms. The van der Waals surface area contributed by atoms with E-state index in [0.29, 0.717) is 13.1 Å². The quantitative estimate of drug-likeness (QED) is 0.806. The predicted octanol–water partition coefficient (Wildman–Crippen LogP) is 1.34. The molecule has 1 aliphatic rings. The van der Waals surface area contributed by atoms with E-state index in [9.17, 15) is 4.79 Å². The van der Waals surface area contributed by atoms with Gasteiger partial charge >= 0.3 is 0 Å². The maximum Gasteiger partial charge on any atom is 0.227 e. The average molecular weight is 264 g/mol. The van der Waals surface area contributed by atoms with E-state index in [4.69, 9.17) is 5.73 Å². The minimum Gasteiger partial charge on any atom is -0.350 e. The van der Waals surface area contributed by atoms with E-state index in [0.717, 1.165) is 31.4 Å². The van der Waals surface area contributed by atoms with E-state index >= 15 is 0 Å². The average Bonchev–Trinajstić information content (AvgIpc) is 2.69. The third-order valence-electron chi connectivity index (χ3n) is 4.13. The Labute approximate surface area is 114 Å². The Morgan fingerprint density at radius 3 is 2.63 bits per heavy atom. The molecule has 0 saturated heterocycles. The fraction of sp³-hybridized carbons (Fsp3) is 0.714. The van der Waals surface area contributed by atoms with Gasteiger partial charge in [-0.15, -0.1) is 0 Å². The molecule has 0 radical (unpaired) electrons. The second-order valence-corrected chi connectivity index (χ2v) is 5.56. The molecule has 19 heavy (non-hydrogen) atoms. The minimum atomic E-state index is -0.356. The van der Waals surface area contributed by atoms with Gasteiger partial charge in [-0.1, -0.05) is 25.7 Å². The van der Waals surface area contributed by atoms with Crippen LogP contribution in [0.5, 0.6) is 0 Å². The number of nitrogens with two attached hydrogens (primary N) is 1. The van der Waals surface area contributed by atoms with Crippen LogP contribution < -0.4 is 11.1 Å². The van der Waals surface area contributed by atoms with Gasteiger partial charge < -0.3 is 11.1 Å². The molecule has 1 fully saturated rings. The molecule has 106 valence electrons. The highest BCUT2D eigenvalue weighted by Crippen LogP contribution is 2.34. The lowest BCUT2D eigenvalue weighted by atomic mass is 9.79. The molecule has 1 saturated carbocycles. The fourth-order valence-corrected chi connectivity index (χ4v) is 2.85. The molecular formula is C14H24N4O. The molecule has 0 atom stereocenters. The smallest absolute Gasteiger partial charge is 0.227 e. The monoisotopic (exact) mass is 264 g/mol. The maximum absolute atomic E-state index is 12.5. The number of hydrogen-bond acceptors (Lipinski definition) is 3. The van der Waals surface area contributed by atoms with Crippen LogP contribution in [-0.4, -0.2) is 22.2 Å². The van der Waals surface area contributed by atoms with Gasteiger partial charge in [0.2, 0.25) is 5.91 Å². The molecule has 5 nitrogen and oxygen atoms in total. The Balaban J connectivity index is 1.96. The number of hydrogen-bond donors (Lipinski definition) is 2. The van der Waals surface area contributed by atoms with Crippen molar-refractivity contribution in [3.63, 3.8) is 0 Å². The van der Waals surface area contributed by atoms with Crippen molar-refractivity contribution in [2.75, 3.05) is 6.54 Å². The third kappa shape index (κ3) is 3.35. The number of amides is 1. The van der Waals surface area contributed by atoms with Gasteiger partial charge in [0.25, 0.3) is 0 Å². The molecule has 0 aliphatic heterocycles. The summed E-state index contributed by atoms with van der Waals surface area (Å²) in [5, 5.41) is 7.27. The Morgan fingerprint density at radius 1 is 1.42 bits per heavy atom. The lowest BCUT2D eigenvalue weighted by molar-refractivity contribution is -0.131. The number of nitrogens with zero attached hydrogens (tertiary/aromatic N) is 2.